The number of carbonyl (C=O) groups excluding carboxylic acids is 1. The zero-order chi connectivity index (χ0) is 15.9. The molecule has 1 aliphatic rings. The Balaban J connectivity index is 1.48. The zero-order valence-electron chi connectivity index (χ0n) is 13.0. The standard InChI is InChI=1S/C17H21N3O2S/c21-15(18-14-10-6-1-2-7-11-14)12-23-17-20-19-16(22-17)13-8-4-3-5-9-13/h3-5,8-9,14H,1-2,6-7,10-12H2,(H,18,21). The number of rotatable bonds is 5. The number of nitrogens with zero attached hydrogens (tertiary/aromatic N) is 2. The quantitative estimate of drug-likeness (QED) is 0.669. The molecule has 0 atom stereocenters. The van der Waals surface area contributed by atoms with Crippen LogP contribution in [0.3, 0.4) is 0 Å². The summed E-state index contributed by atoms with van der Waals surface area (Å²) in [4.78, 5) is 12.1. The Morgan fingerprint density at radius 2 is 1.87 bits per heavy atom. The van der Waals surface area contributed by atoms with Crippen LogP contribution in [0.15, 0.2) is 40.0 Å². The summed E-state index contributed by atoms with van der Waals surface area (Å²) in [5, 5.41) is 11.6. The van der Waals surface area contributed by atoms with Gasteiger partial charge < -0.3 is 9.73 Å². The van der Waals surface area contributed by atoms with Crippen molar-refractivity contribution in [2.24, 2.45) is 0 Å². The average Bonchev–Trinajstić information content (AvgIpc) is 2.91. The first kappa shape index (κ1) is 16.1. The van der Waals surface area contributed by atoms with E-state index < -0.39 is 0 Å². The molecule has 1 fully saturated rings. The van der Waals surface area contributed by atoms with Gasteiger partial charge in [0.2, 0.25) is 11.8 Å². The first-order valence-corrected chi connectivity index (χ1v) is 9.11. The molecule has 0 saturated heterocycles. The molecule has 0 bridgehead atoms. The Morgan fingerprint density at radius 1 is 1.13 bits per heavy atom. The molecule has 1 N–H and O–H groups in total. The first-order chi connectivity index (χ1) is 11.3. The van der Waals surface area contributed by atoms with Crippen molar-refractivity contribution in [1.29, 1.82) is 0 Å². The zero-order valence-corrected chi connectivity index (χ0v) is 13.8. The van der Waals surface area contributed by atoms with E-state index in [0.717, 1.165) is 18.4 Å². The van der Waals surface area contributed by atoms with E-state index in [0.29, 0.717) is 22.9 Å². The highest BCUT2D eigenvalue weighted by molar-refractivity contribution is 7.99. The Hall–Kier alpha value is -1.82. The molecule has 5 nitrogen and oxygen atoms in total. The fourth-order valence-electron chi connectivity index (χ4n) is 2.79. The summed E-state index contributed by atoms with van der Waals surface area (Å²) in [7, 11) is 0. The summed E-state index contributed by atoms with van der Waals surface area (Å²) in [5.74, 6) is 0.839. The van der Waals surface area contributed by atoms with Gasteiger partial charge in [-0.15, -0.1) is 10.2 Å². The van der Waals surface area contributed by atoms with Crippen LogP contribution in [-0.2, 0) is 4.79 Å². The smallest absolute Gasteiger partial charge is 0.277 e. The van der Waals surface area contributed by atoms with Gasteiger partial charge in [-0.2, -0.15) is 0 Å². The van der Waals surface area contributed by atoms with E-state index in [1.807, 2.05) is 30.3 Å². The van der Waals surface area contributed by atoms with Gasteiger partial charge in [0.05, 0.1) is 5.75 Å². The lowest BCUT2D eigenvalue weighted by molar-refractivity contribution is -0.119. The first-order valence-electron chi connectivity index (χ1n) is 8.12. The Kier molecular flexibility index (Phi) is 5.69. The van der Waals surface area contributed by atoms with Gasteiger partial charge in [0.15, 0.2) is 0 Å². The summed E-state index contributed by atoms with van der Waals surface area (Å²) >= 11 is 1.29. The van der Waals surface area contributed by atoms with Crippen LogP contribution in [0, 0.1) is 0 Å². The summed E-state index contributed by atoms with van der Waals surface area (Å²) in [5.41, 5.74) is 0.884. The SMILES string of the molecule is O=C(CSc1nnc(-c2ccccc2)o1)NC1CCCCCC1. The van der Waals surface area contributed by atoms with Gasteiger partial charge in [-0.25, -0.2) is 0 Å². The second kappa shape index (κ2) is 8.15. The van der Waals surface area contributed by atoms with Crippen LogP contribution in [0.25, 0.3) is 11.5 Å². The van der Waals surface area contributed by atoms with Gasteiger partial charge in [-0.05, 0) is 25.0 Å². The minimum atomic E-state index is 0.0429. The normalized spacial score (nSPS) is 16.0. The van der Waals surface area contributed by atoms with Gasteiger partial charge in [-0.3, -0.25) is 4.79 Å². The second-order valence-electron chi connectivity index (χ2n) is 5.78. The monoisotopic (exact) mass is 331 g/mol. The maximum Gasteiger partial charge on any atom is 0.277 e. The number of carbonyl (C=O) groups is 1. The molecule has 0 aliphatic heterocycles. The van der Waals surface area contributed by atoms with Crippen molar-refractivity contribution in [1.82, 2.24) is 15.5 Å². The highest BCUT2D eigenvalue weighted by atomic mass is 32.2. The van der Waals surface area contributed by atoms with Gasteiger partial charge in [0.25, 0.3) is 5.22 Å². The van der Waals surface area contributed by atoms with Crippen molar-refractivity contribution in [2.75, 3.05) is 5.75 Å². The molecular formula is C17H21N3O2S. The van der Waals surface area contributed by atoms with E-state index in [2.05, 4.69) is 15.5 Å². The van der Waals surface area contributed by atoms with Gasteiger partial charge in [0, 0.05) is 11.6 Å². The average molecular weight is 331 g/mol. The largest absolute Gasteiger partial charge is 0.411 e. The molecule has 122 valence electrons. The molecule has 2 aromatic rings. The van der Waals surface area contributed by atoms with Gasteiger partial charge in [-0.1, -0.05) is 55.6 Å². The summed E-state index contributed by atoms with van der Waals surface area (Å²) in [6.07, 6.45) is 7.17. The van der Waals surface area contributed by atoms with E-state index in [4.69, 9.17) is 4.42 Å². The molecule has 3 rings (SSSR count). The number of aromatic nitrogens is 2. The lowest BCUT2D eigenvalue weighted by atomic mass is 10.1. The fraction of sp³-hybridized carbons (Fsp3) is 0.471. The van der Waals surface area contributed by atoms with Crippen LogP contribution >= 0.6 is 11.8 Å². The number of nitrogens with one attached hydrogen (secondary N) is 1. The third kappa shape index (κ3) is 4.82. The van der Waals surface area contributed by atoms with Crippen molar-refractivity contribution in [3.63, 3.8) is 0 Å². The molecule has 0 spiro atoms. The van der Waals surface area contributed by atoms with E-state index in [1.165, 1.54) is 37.4 Å². The van der Waals surface area contributed by atoms with Crippen molar-refractivity contribution in [3.05, 3.63) is 30.3 Å². The van der Waals surface area contributed by atoms with Crippen LogP contribution in [0.4, 0.5) is 0 Å². The third-order valence-corrected chi connectivity index (χ3v) is 4.79. The lowest BCUT2D eigenvalue weighted by Gasteiger charge is -2.15. The molecule has 1 amide bonds. The van der Waals surface area contributed by atoms with Crippen LogP contribution in [0.5, 0.6) is 0 Å². The number of thioether (sulfide) groups is 1. The van der Waals surface area contributed by atoms with Gasteiger partial charge in [0.1, 0.15) is 0 Å². The Labute approximate surface area is 140 Å². The highest BCUT2D eigenvalue weighted by Gasteiger charge is 2.16. The fourth-order valence-corrected chi connectivity index (χ4v) is 3.36. The Morgan fingerprint density at radius 3 is 2.61 bits per heavy atom. The van der Waals surface area contributed by atoms with Gasteiger partial charge >= 0.3 is 0 Å². The van der Waals surface area contributed by atoms with Crippen LogP contribution in [0.1, 0.15) is 38.5 Å². The maximum atomic E-state index is 12.1. The van der Waals surface area contributed by atoms with Crippen molar-refractivity contribution in [3.8, 4) is 11.5 Å². The summed E-state index contributed by atoms with van der Waals surface area (Å²) in [6, 6.07) is 9.95. The minimum Gasteiger partial charge on any atom is -0.411 e. The number of benzene rings is 1. The molecule has 1 heterocycles. The van der Waals surface area contributed by atoms with Crippen molar-refractivity contribution in [2.45, 2.75) is 49.8 Å². The molecule has 1 aliphatic carbocycles. The minimum absolute atomic E-state index is 0.0429. The summed E-state index contributed by atoms with van der Waals surface area (Å²) < 4.78 is 5.59. The second-order valence-corrected chi connectivity index (χ2v) is 6.71. The number of hydrogen-bond acceptors (Lipinski definition) is 5. The number of amides is 1. The van der Waals surface area contributed by atoms with Crippen molar-refractivity contribution < 1.29 is 9.21 Å². The highest BCUT2D eigenvalue weighted by Crippen LogP contribution is 2.23. The third-order valence-electron chi connectivity index (χ3n) is 3.97. The lowest BCUT2D eigenvalue weighted by Crippen LogP contribution is -2.35. The number of hydrogen-bond donors (Lipinski definition) is 1. The van der Waals surface area contributed by atoms with E-state index >= 15 is 0 Å². The Bertz CT molecular complexity index is 622. The molecule has 0 radical (unpaired) electrons. The predicted octanol–water partition coefficient (Wildman–Crippen LogP) is 3.67. The molecular weight excluding hydrogens is 310 g/mol. The molecule has 1 aromatic heterocycles. The van der Waals surface area contributed by atoms with Crippen LogP contribution < -0.4 is 5.32 Å². The van der Waals surface area contributed by atoms with Crippen molar-refractivity contribution >= 4 is 17.7 Å². The molecule has 6 heteroatoms. The molecule has 1 aromatic carbocycles. The van der Waals surface area contributed by atoms with Crippen LogP contribution in [-0.4, -0.2) is 27.9 Å². The molecule has 0 unspecified atom stereocenters. The molecule has 23 heavy (non-hydrogen) atoms. The topological polar surface area (TPSA) is 68.0 Å². The maximum absolute atomic E-state index is 12.1. The van der Waals surface area contributed by atoms with E-state index in [9.17, 15) is 4.79 Å². The summed E-state index contributed by atoms with van der Waals surface area (Å²) in [6.45, 7) is 0. The van der Waals surface area contributed by atoms with E-state index in [1.54, 1.807) is 0 Å². The van der Waals surface area contributed by atoms with E-state index in [-0.39, 0.29) is 5.91 Å². The molecule has 1 saturated carbocycles. The van der Waals surface area contributed by atoms with Crippen LogP contribution in [0.2, 0.25) is 0 Å². The predicted molar refractivity (Wildman–Crippen MR) is 90.1 cm³/mol.